The molecule has 3 rings (SSSR count). The third-order valence-corrected chi connectivity index (χ3v) is 8.69. The lowest BCUT2D eigenvalue weighted by molar-refractivity contribution is -0.140. The molecule has 43 heavy (non-hydrogen) atoms. The summed E-state index contributed by atoms with van der Waals surface area (Å²) < 4.78 is 15.5. The van der Waals surface area contributed by atoms with Gasteiger partial charge in [0, 0.05) is 34.3 Å². The van der Waals surface area contributed by atoms with Crippen molar-refractivity contribution in [3.05, 3.63) is 64.1 Å². The summed E-state index contributed by atoms with van der Waals surface area (Å²) in [6.45, 7) is 3.56. The summed E-state index contributed by atoms with van der Waals surface area (Å²) in [4.78, 5) is 62.8. The molecule has 1 amide bonds. The Kier molecular flexibility index (Phi) is 14.5. The topological polar surface area (TPSA) is 219 Å². The van der Waals surface area contributed by atoms with E-state index < -0.39 is 13.8 Å². The minimum absolute atomic E-state index is 0.00437. The van der Waals surface area contributed by atoms with E-state index in [1.165, 1.54) is 17.5 Å². The van der Waals surface area contributed by atoms with Crippen molar-refractivity contribution in [1.29, 1.82) is 0 Å². The van der Waals surface area contributed by atoms with Crippen molar-refractivity contribution in [1.82, 2.24) is 14.9 Å². The minimum Gasteiger partial charge on any atom is -0.481 e. The number of nitrogens with two attached hydrogens (primary N) is 2. The maximum absolute atomic E-state index is 12.7. The van der Waals surface area contributed by atoms with Gasteiger partial charge in [-0.25, -0.2) is 14.5 Å². The molecule has 1 aromatic carbocycles. The third kappa shape index (κ3) is 12.6. The number of rotatable bonds is 13. The van der Waals surface area contributed by atoms with Crippen LogP contribution in [0.25, 0.3) is 0 Å². The number of carbonyl (C=O) groups is 3. The van der Waals surface area contributed by atoms with Crippen molar-refractivity contribution in [2.75, 3.05) is 18.9 Å². The Morgan fingerprint density at radius 2 is 1.84 bits per heavy atom. The molecule has 0 radical (unpaired) electrons. The lowest BCUT2D eigenvalue weighted by Gasteiger charge is -2.34. The maximum Gasteiger partial charge on any atom is 0.469 e. The summed E-state index contributed by atoms with van der Waals surface area (Å²) in [6.07, 6.45) is 7.86. The van der Waals surface area contributed by atoms with Crippen LogP contribution in [0.5, 0.6) is 0 Å². The highest BCUT2D eigenvalue weighted by Crippen LogP contribution is 2.39. The lowest BCUT2D eigenvalue weighted by Crippen LogP contribution is -2.34. The average Bonchev–Trinajstić information content (AvgIpc) is 2.96. The molecular formula is C28H40N5O8PS. The van der Waals surface area contributed by atoms with Gasteiger partial charge in [0.2, 0.25) is 11.5 Å². The van der Waals surface area contributed by atoms with Gasteiger partial charge in [-0.15, -0.1) is 0 Å². The number of nitrogens with zero attached hydrogens (tertiary/aromatic N) is 3. The molecule has 1 fully saturated rings. The molecule has 0 aliphatic heterocycles. The highest BCUT2D eigenvalue weighted by atomic mass is 32.2. The van der Waals surface area contributed by atoms with E-state index in [-0.39, 0.29) is 42.3 Å². The average molecular weight is 638 g/mol. The van der Waals surface area contributed by atoms with Gasteiger partial charge >= 0.3 is 13.8 Å². The highest BCUT2D eigenvalue weighted by Gasteiger charge is 2.32. The van der Waals surface area contributed by atoms with Crippen LogP contribution < -0.4 is 11.5 Å². The number of hydrogen-bond donors (Lipinski definition) is 5. The first kappa shape index (κ1) is 36.1. The van der Waals surface area contributed by atoms with E-state index in [1.807, 2.05) is 0 Å². The van der Waals surface area contributed by atoms with E-state index in [2.05, 4.69) is 14.5 Å². The fourth-order valence-electron chi connectivity index (χ4n) is 4.60. The number of nitrogen functional groups attached to an aromatic ring is 1. The van der Waals surface area contributed by atoms with Gasteiger partial charge in [-0.05, 0) is 50.4 Å². The van der Waals surface area contributed by atoms with Crippen LogP contribution in [0.15, 0.2) is 47.1 Å². The standard InChI is InChI=1S/C19H23N4O6PS.C9H17NO2/c1-13(23(12-24)11-16-10-21-14(2)22-18(16)20)17(8-9-29-30(26,27)28)31-19(25)15-6-4-3-5-7-15;10-7-9(6-8(11)12)4-2-1-3-5-9/h3-7,10,12H,8-9,11H2,1-2H3,(H2,20,21,22)(H2,26,27,28);1-7,10H2,(H,11,12)/b17-13+;. The molecule has 0 unspecified atom stereocenters. The Morgan fingerprint density at radius 3 is 2.37 bits per heavy atom. The third-order valence-electron chi connectivity index (χ3n) is 7.01. The second-order valence-electron chi connectivity index (χ2n) is 10.2. The first-order chi connectivity index (χ1) is 20.3. The molecule has 1 aliphatic carbocycles. The predicted molar refractivity (Wildman–Crippen MR) is 163 cm³/mol. The van der Waals surface area contributed by atoms with E-state index in [4.69, 9.17) is 26.4 Å². The maximum atomic E-state index is 12.7. The molecule has 0 bridgehead atoms. The van der Waals surface area contributed by atoms with Gasteiger partial charge < -0.3 is 31.3 Å². The highest BCUT2D eigenvalue weighted by molar-refractivity contribution is 8.17. The molecule has 0 atom stereocenters. The quantitative estimate of drug-likeness (QED) is 0.155. The number of thioether (sulfide) groups is 1. The molecule has 15 heteroatoms. The Morgan fingerprint density at radius 1 is 1.19 bits per heavy atom. The Bertz CT molecular complexity index is 1320. The molecule has 13 nitrogen and oxygen atoms in total. The van der Waals surface area contributed by atoms with Gasteiger partial charge in [0.15, 0.2) is 0 Å². The molecule has 0 spiro atoms. The molecule has 7 N–H and O–H groups in total. The van der Waals surface area contributed by atoms with Gasteiger partial charge in [-0.2, -0.15) is 0 Å². The van der Waals surface area contributed by atoms with E-state index in [9.17, 15) is 18.9 Å². The van der Waals surface area contributed by atoms with E-state index in [0.717, 1.165) is 37.4 Å². The zero-order valence-electron chi connectivity index (χ0n) is 24.3. The fourth-order valence-corrected chi connectivity index (χ4v) is 5.85. The smallest absolute Gasteiger partial charge is 0.469 e. The Labute approximate surface area is 255 Å². The molecule has 2 aromatic rings. The van der Waals surface area contributed by atoms with Crippen LogP contribution in [-0.4, -0.2) is 60.4 Å². The summed E-state index contributed by atoms with van der Waals surface area (Å²) >= 11 is 0.862. The van der Waals surface area contributed by atoms with Crippen LogP contribution in [0, 0.1) is 12.3 Å². The van der Waals surface area contributed by atoms with Crippen LogP contribution >= 0.6 is 19.6 Å². The fraction of sp³-hybridized carbons (Fsp3) is 0.464. The van der Waals surface area contributed by atoms with Gasteiger partial charge in [-0.3, -0.25) is 18.9 Å². The molecule has 236 valence electrons. The van der Waals surface area contributed by atoms with Crippen LogP contribution in [-0.2, 0) is 25.2 Å². The second kappa shape index (κ2) is 17.2. The largest absolute Gasteiger partial charge is 0.481 e. The zero-order valence-corrected chi connectivity index (χ0v) is 26.1. The number of phosphoric ester groups is 1. The second-order valence-corrected chi connectivity index (χ2v) is 12.5. The summed E-state index contributed by atoms with van der Waals surface area (Å²) in [5.41, 5.74) is 12.8. The minimum atomic E-state index is -4.67. The number of aryl methyl sites for hydroxylation is 1. The van der Waals surface area contributed by atoms with E-state index >= 15 is 0 Å². The number of aliphatic carboxylic acids is 1. The Balaban J connectivity index is 0.000000448. The number of benzene rings is 1. The molecule has 1 saturated carbocycles. The molecule has 1 aliphatic rings. The summed E-state index contributed by atoms with van der Waals surface area (Å²) in [5.74, 6) is 0.0133. The predicted octanol–water partition coefficient (Wildman–Crippen LogP) is 4.00. The van der Waals surface area contributed by atoms with Crippen LogP contribution in [0.3, 0.4) is 0 Å². The molecule has 0 saturated heterocycles. The number of hydrogen-bond acceptors (Lipinski definition) is 10. The number of anilines is 1. The normalized spacial score (nSPS) is 15.0. The molecule has 1 heterocycles. The first-order valence-electron chi connectivity index (χ1n) is 13.7. The van der Waals surface area contributed by atoms with E-state index in [1.54, 1.807) is 44.2 Å². The van der Waals surface area contributed by atoms with Crippen molar-refractivity contribution >= 4 is 42.9 Å². The number of carboxylic acids is 1. The van der Waals surface area contributed by atoms with Crippen molar-refractivity contribution in [2.45, 2.75) is 65.3 Å². The van der Waals surface area contributed by atoms with Crippen molar-refractivity contribution in [2.24, 2.45) is 11.1 Å². The van der Waals surface area contributed by atoms with Crippen molar-refractivity contribution < 1.29 is 38.4 Å². The zero-order chi connectivity index (χ0) is 32.0. The van der Waals surface area contributed by atoms with Crippen LogP contribution in [0.4, 0.5) is 5.82 Å². The van der Waals surface area contributed by atoms with Crippen molar-refractivity contribution in [3.63, 3.8) is 0 Å². The lowest BCUT2D eigenvalue weighted by atomic mass is 9.72. The molecular weight excluding hydrogens is 597 g/mol. The van der Waals surface area contributed by atoms with Gasteiger partial charge in [0.1, 0.15) is 11.6 Å². The molecule has 1 aromatic heterocycles. The van der Waals surface area contributed by atoms with Gasteiger partial charge in [0.25, 0.3) is 0 Å². The first-order valence-corrected chi connectivity index (χ1v) is 16.0. The number of carbonyl (C=O) groups excluding carboxylic acids is 2. The SMILES string of the molecule is C/C(=C(/CCOP(=O)(O)O)SC(=O)c1ccccc1)N(C=O)Cc1cnc(C)nc1N.NCC1(CC(=O)O)CCCCC1. The van der Waals surface area contributed by atoms with Gasteiger partial charge in [0.05, 0.1) is 19.6 Å². The van der Waals surface area contributed by atoms with Crippen LogP contribution in [0.1, 0.15) is 73.6 Å². The number of phosphoric acid groups is 1. The van der Waals surface area contributed by atoms with Crippen LogP contribution in [0.2, 0.25) is 0 Å². The number of carboxylic acid groups (broad SMARTS) is 1. The monoisotopic (exact) mass is 637 g/mol. The van der Waals surface area contributed by atoms with Crippen molar-refractivity contribution in [3.8, 4) is 0 Å². The summed E-state index contributed by atoms with van der Waals surface area (Å²) in [6, 6.07) is 8.52. The van der Waals surface area contributed by atoms with Gasteiger partial charge in [-0.1, -0.05) is 49.6 Å². The number of allylic oxidation sites excluding steroid dienone is 1. The Hall–Kier alpha value is -3.13. The summed E-state index contributed by atoms with van der Waals surface area (Å²) in [7, 11) is -4.67. The van der Waals surface area contributed by atoms with E-state index in [0.29, 0.717) is 40.5 Å². The summed E-state index contributed by atoms with van der Waals surface area (Å²) in [5, 5.41) is 8.42. The number of amides is 1. The number of aromatic nitrogens is 2.